The van der Waals surface area contributed by atoms with Crippen LogP contribution >= 0.6 is 27.5 Å². The van der Waals surface area contributed by atoms with Crippen LogP contribution < -0.4 is 11.1 Å². The fraction of sp³-hybridized carbons (Fsp3) is 0.0909. The lowest BCUT2D eigenvalue weighted by molar-refractivity contribution is 0.590. The molecule has 0 N–H and O–H groups in total. The van der Waals surface area contributed by atoms with E-state index in [0.29, 0.717) is 10.7 Å². The molecule has 1 aromatic heterocycles. The van der Waals surface area contributed by atoms with Crippen molar-refractivity contribution in [2.24, 2.45) is 7.05 Å². The highest BCUT2D eigenvalue weighted by atomic mass is 79.9. The summed E-state index contributed by atoms with van der Waals surface area (Å²) < 4.78 is 2.72. The van der Waals surface area contributed by atoms with Gasteiger partial charge in [-0.05, 0) is 34.1 Å². The summed E-state index contributed by atoms with van der Waals surface area (Å²) in [4.78, 5) is 23.6. The van der Waals surface area contributed by atoms with Gasteiger partial charge in [-0.25, -0.2) is 9.36 Å². The van der Waals surface area contributed by atoms with E-state index >= 15 is 0 Å². The van der Waals surface area contributed by atoms with Gasteiger partial charge in [0.15, 0.2) is 0 Å². The molecule has 4 nitrogen and oxygen atoms in total. The maximum Gasteiger partial charge on any atom is 0.284 e. The minimum Gasteiger partial charge on any atom is -0.268 e. The molecule has 0 unspecified atom stereocenters. The molecule has 0 saturated carbocycles. The molecule has 0 spiro atoms. The van der Waals surface area contributed by atoms with Crippen LogP contribution in [0.1, 0.15) is 0 Å². The van der Waals surface area contributed by atoms with Gasteiger partial charge in [-0.2, -0.15) is 0 Å². The first-order valence-corrected chi connectivity index (χ1v) is 5.92. The number of hydrogen-bond acceptors (Lipinski definition) is 2. The summed E-state index contributed by atoms with van der Waals surface area (Å²) in [6, 6.07) is 7.99. The first kappa shape index (κ1) is 12.1. The third-order valence-corrected chi connectivity index (χ3v) is 3.12. The average Bonchev–Trinajstić information content (AvgIpc) is 2.27. The lowest BCUT2D eigenvalue weighted by Gasteiger charge is -2.11. The lowest BCUT2D eigenvalue weighted by atomic mass is 10.3. The van der Waals surface area contributed by atoms with Gasteiger partial charge >= 0.3 is 0 Å². The van der Waals surface area contributed by atoms with E-state index in [-0.39, 0.29) is 15.6 Å². The molecule has 0 atom stereocenters. The van der Waals surface area contributed by atoms with Gasteiger partial charge in [-0.3, -0.25) is 9.59 Å². The Morgan fingerprint density at radius 3 is 2.59 bits per heavy atom. The predicted molar refractivity (Wildman–Crippen MR) is 70.0 cm³/mol. The van der Waals surface area contributed by atoms with Crippen LogP contribution in [0.2, 0.25) is 5.02 Å². The van der Waals surface area contributed by atoms with E-state index < -0.39 is 0 Å². The Hall–Kier alpha value is -1.33. The highest BCUT2D eigenvalue weighted by molar-refractivity contribution is 9.10. The van der Waals surface area contributed by atoms with Gasteiger partial charge in [-0.1, -0.05) is 17.7 Å². The predicted octanol–water partition coefficient (Wildman–Crippen LogP) is 1.95. The summed E-state index contributed by atoms with van der Waals surface area (Å²) >= 11 is 8.93. The third kappa shape index (κ3) is 2.21. The van der Waals surface area contributed by atoms with Crippen LogP contribution in [0.5, 0.6) is 0 Å². The van der Waals surface area contributed by atoms with Gasteiger partial charge in [0.1, 0.15) is 0 Å². The van der Waals surface area contributed by atoms with Crippen LogP contribution in [0.25, 0.3) is 5.69 Å². The number of halogens is 2. The summed E-state index contributed by atoms with van der Waals surface area (Å²) in [6.07, 6.45) is 0. The van der Waals surface area contributed by atoms with Crippen molar-refractivity contribution in [1.29, 1.82) is 0 Å². The van der Waals surface area contributed by atoms with Crippen LogP contribution in [-0.4, -0.2) is 9.36 Å². The summed E-state index contributed by atoms with van der Waals surface area (Å²) in [6.45, 7) is 0. The van der Waals surface area contributed by atoms with Crippen molar-refractivity contribution in [3.63, 3.8) is 0 Å². The zero-order chi connectivity index (χ0) is 12.6. The van der Waals surface area contributed by atoms with Crippen LogP contribution in [0.3, 0.4) is 0 Å². The molecule has 0 aliphatic heterocycles. The molecule has 0 radical (unpaired) electrons. The fourth-order valence-corrected chi connectivity index (χ4v) is 2.05. The highest BCUT2D eigenvalue weighted by Crippen LogP contribution is 2.13. The van der Waals surface area contributed by atoms with Crippen molar-refractivity contribution in [2.45, 2.75) is 0 Å². The van der Waals surface area contributed by atoms with E-state index in [4.69, 9.17) is 11.6 Å². The van der Waals surface area contributed by atoms with E-state index in [1.54, 1.807) is 24.3 Å². The molecular formula is C11H8BrClN2O2. The van der Waals surface area contributed by atoms with Crippen LogP contribution in [0.4, 0.5) is 0 Å². The van der Waals surface area contributed by atoms with E-state index in [0.717, 1.165) is 0 Å². The number of benzene rings is 1. The Labute approximate surface area is 110 Å². The molecule has 2 rings (SSSR count). The second kappa shape index (κ2) is 4.50. The number of rotatable bonds is 1. The Bertz CT molecular complexity index is 691. The monoisotopic (exact) mass is 314 g/mol. The van der Waals surface area contributed by atoms with Gasteiger partial charge in [0, 0.05) is 18.1 Å². The van der Waals surface area contributed by atoms with E-state index in [9.17, 15) is 9.59 Å². The van der Waals surface area contributed by atoms with E-state index in [1.165, 1.54) is 22.5 Å². The smallest absolute Gasteiger partial charge is 0.268 e. The first-order chi connectivity index (χ1) is 8.00. The summed E-state index contributed by atoms with van der Waals surface area (Å²) in [5.41, 5.74) is -0.0470. The van der Waals surface area contributed by atoms with Crippen molar-refractivity contribution in [3.05, 3.63) is 60.5 Å². The summed E-state index contributed by atoms with van der Waals surface area (Å²) in [7, 11) is 1.52. The molecule has 2 aromatic rings. The Balaban J connectivity index is 2.84. The minimum atomic E-state index is -0.311. The Morgan fingerprint density at radius 2 is 1.94 bits per heavy atom. The van der Waals surface area contributed by atoms with Gasteiger partial charge in [0.05, 0.1) is 10.2 Å². The quantitative estimate of drug-likeness (QED) is 0.807. The van der Waals surface area contributed by atoms with Gasteiger partial charge < -0.3 is 0 Å². The Kier molecular flexibility index (Phi) is 3.22. The van der Waals surface area contributed by atoms with Crippen LogP contribution in [0.15, 0.2) is 44.4 Å². The molecule has 88 valence electrons. The number of nitrogens with zero attached hydrogens (tertiary/aromatic N) is 2. The number of aromatic nitrogens is 2. The average molecular weight is 316 g/mol. The summed E-state index contributed by atoms with van der Waals surface area (Å²) in [5, 5.41) is 0.502. The fourth-order valence-electron chi connectivity index (χ4n) is 1.50. The van der Waals surface area contributed by atoms with Crippen molar-refractivity contribution in [3.8, 4) is 5.69 Å². The largest absolute Gasteiger partial charge is 0.284 e. The third-order valence-electron chi connectivity index (χ3n) is 2.32. The molecule has 0 bridgehead atoms. The van der Waals surface area contributed by atoms with Crippen LogP contribution in [0, 0.1) is 0 Å². The summed E-state index contributed by atoms with van der Waals surface area (Å²) in [5.74, 6) is 0. The highest BCUT2D eigenvalue weighted by Gasteiger charge is 2.08. The Morgan fingerprint density at radius 1 is 1.24 bits per heavy atom. The molecule has 6 heteroatoms. The molecule has 0 amide bonds. The molecule has 17 heavy (non-hydrogen) atoms. The maximum atomic E-state index is 12.0. The normalized spacial score (nSPS) is 10.5. The first-order valence-electron chi connectivity index (χ1n) is 4.75. The van der Waals surface area contributed by atoms with Crippen molar-refractivity contribution in [1.82, 2.24) is 9.36 Å². The van der Waals surface area contributed by atoms with E-state index in [2.05, 4.69) is 15.9 Å². The molecule has 0 fully saturated rings. The zero-order valence-electron chi connectivity index (χ0n) is 8.85. The van der Waals surface area contributed by atoms with Crippen molar-refractivity contribution >= 4 is 27.5 Å². The minimum absolute atomic E-state index is 0.223. The molecule has 1 heterocycles. The molecule has 0 saturated heterocycles. The van der Waals surface area contributed by atoms with Crippen LogP contribution in [-0.2, 0) is 7.05 Å². The second-order valence-electron chi connectivity index (χ2n) is 3.45. The van der Waals surface area contributed by atoms with E-state index in [1.807, 2.05) is 0 Å². The molecule has 0 aliphatic carbocycles. The second-order valence-corrected chi connectivity index (χ2v) is 4.74. The number of hydrogen-bond donors (Lipinski definition) is 0. The van der Waals surface area contributed by atoms with Crippen molar-refractivity contribution < 1.29 is 0 Å². The molecular weight excluding hydrogens is 307 g/mol. The van der Waals surface area contributed by atoms with Crippen molar-refractivity contribution in [2.75, 3.05) is 0 Å². The van der Waals surface area contributed by atoms with Gasteiger partial charge in [-0.15, -0.1) is 0 Å². The zero-order valence-corrected chi connectivity index (χ0v) is 11.2. The molecule has 1 aromatic carbocycles. The standard InChI is InChI=1S/C11H8BrClN2O2/c1-14-10(16)6-9(12)11(17)15(14)8-4-2-3-7(13)5-8/h2-6H,1H3. The lowest BCUT2D eigenvalue weighted by Crippen LogP contribution is -2.35. The van der Waals surface area contributed by atoms with Gasteiger partial charge in [0.2, 0.25) is 0 Å². The SMILES string of the molecule is Cn1c(=O)cc(Br)c(=O)n1-c1cccc(Cl)c1. The maximum absolute atomic E-state index is 12.0. The van der Waals surface area contributed by atoms with Gasteiger partial charge in [0.25, 0.3) is 11.1 Å². The topological polar surface area (TPSA) is 44.0 Å². The molecule has 0 aliphatic rings.